The van der Waals surface area contributed by atoms with Crippen molar-refractivity contribution in [2.45, 2.75) is 45.4 Å². The van der Waals surface area contributed by atoms with E-state index in [1.165, 1.54) is 19.3 Å². The fraction of sp³-hybridized carbons (Fsp3) is 0.923. The van der Waals surface area contributed by atoms with Gasteiger partial charge in [0.15, 0.2) is 0 Å². The lowest BCUT2D eigenvalue weighted by Crippen LogP contribution is -2.34. The number of hydrogen-bond acceptors (Lipinski definition) is 2. The summed E-state index contributed by atoms with van der Waals surface area (Å²) >= 11 is 0. The highest BCUT2D eigenvalue weighted by molar-refractivity contribution is 5.75. The molecule has 1 fully saturated rings. The summed E-state index contributed by atoms with van der Waals surface area (Å²) in [7, 11) is 1.94. The summed E-state index contributed by atoms with van der Waals surface area (Å²) < 4.78 is 0. The van der Waals surface area contributed by atoms with Crippen LogP contribution in [-0.2, 0) is 4.79 Å². The van der Waals surface area contributed by atoms with Gasteiger partial charge in [-0.05, 0) is 44.1 Å². The molecule has 0 spiro atoms. The van der Waals surface area contributed by atoms with Crippen LogP contribution in [0.3, 0.4) is 0 Å². The van der Waals surface area contributed by atoms with Crippen LogP contribution in [0.1, 0.15) is 45.4 Å². The molecule has 0 aromatic heterocycles. The highest BCUT2D eigenvalue weighted by Gasteiger charge is 2.21. The Morgan fingerprint density at radius 3 is 2.62 bits per heavy atom. The maximum atomic E-state index is 11.8. The van der Waals surface area contributed by atoms with Gasteiger partial charge in [0, 0.05) is 20.0 Å². The third kappa shape index (κ3) is 4.52. The van der Waals surface area contributed by atoms with Crippen molar-refractivity contribution in [1.82, 2.24) is 4.90 Å². The number of hydrogen-bond donors (Lipinski definition) is 1. The van der Waals surface area contributed by atoms with Crippen LogP contribution in [0.5, 0.6) is 0 Å². The maximum absolute atomic E-state index is 11.8. The molecular formula is C13H26N2O. The smallest absolute Gasteiger partial charge is 0.222 e. The summed E-state index contributed by atoms with van der Waals surface area (Å²) in [5.74, 6) is 1.65. The van der Waals surface area contributed by atoms with E-state index in [0.717, 1.165) is 31.8 Å². The van der Waals surface area contributed by atoms with E-state index < -0.39 is 0 Å². The molecule has 3 heteroatoms. The Morgan fingerprint density at radius 2 is 2.12 bits per heavy atom. The highest BCUT2D eigenvalue weighted by Crippen LogP contribution is 2.27. The molecule has 2 N–H and O–H groups in total. The van der Waals surface area contributed by atoms with E-state index in [1.54, 1.807) is 0 Å². The van der Waals surface area contributed by atoms with Gasteiger partial charge >= 0.3 is 0 Å². The zero-order valence-corrected chi connectivity index (χ0v) is 10.7. The summed E-state index contributed by atoms with van der Waals surface area (Å²) in [5.41, 5.74) is 5.49. The van der Waals surface area contributed by atoms with Crippen molar-refractivity contribution in [3.8, 4) is 0 Å². The van der Waals surface area contributed by atoms with Gasteiger partial charge in [-0.3, -0.25) is 4.79 Å². The van der Waals surface area contributed by atoms with Gasteiger partial charge in [-0.25, -0.2) is 0 Å². The Hall–Kier alpha value is -0.570. The fourth-order valence-corrected chi connectivity index (χ4v) is 2.15. The van der Waals surface area contributed by atoms with Crippen LogP contribution in [0.4, 0.5) is 0 Å². The monoisotopic (exact) mass is 226 g/mol. The standard InChI is InChI=1S/C13H26N2O/c1-11(8-9-14)6-7-13(16)15(2)10-12-4-3-5-12/h11-12H,3-10,14H2,1-2H3. The van der Waals surface area contributed by atoms with Gasteiger partial charge in [-0.15, -0.1) is 0 Å². The second-order valence-electron chi connectivity index (χ2n) is 5.29. The molecule has 0 bridgehead atoms. The molecule has 16 heavy (non-hydrogen) atoms. The zero-order chi connectivity index (χ0) is 12.0. The minimum atomic E-state index is 0.302. The Kier molecular flexibility index (Phi) is 5.81. The average Bonchev–Trinajstić information content (AvgIpc) is 2.20. The van der Waals surface area contributed by atoms with Crippen molar-refractivity contribution in [3.63, 3.8) is 0 Å². The van der Waals surface area contributed by atoms with E-state index in [9.17, 15) is 4.79 Å². The first-order chi connectivity index (χ1) is 7.63. The van der Waals surface area contributed by atoms with Crippen LogP contribution in [0.2, 0.25) is 0 Å². The van der Waals surface area contributed by atoms with Gasteiger partial charge in [0.25, 0.3) is 0 Å². The van der Waals surface area contributed by atoms with Crippen LogP contribution >= 0.6 is 0 Å². The molecule has 0 radical (unpaired) electrons. The molecule has 94 valence electrons. The summed E-state index contributed by atoms with van der Waals surface area (Å²) in [6.07, 6.45) is 6.65. The number of nitrogens with zero attached hydrogens (tertiary/aromatic N) is 1. The van der Waals surface area contributed by atoms with E-state index >= 15 is 0 Å². The Labute approximate surface area is 99.4 Å². The number of amides is 1. The van der Waals surface area contributed by atoms with Gasteiger partial charge in [-0.2, -0.15) is 0 Å². The van der Waals surface area contributed by atoms with Crippen molar-refractivity contribution < 1.29 is 4.79 Å². The van der Waals surface area contributed by atoms with Crippen LogP contribution in [0, 0.1) is 11.8 Å². The van der Waals surface area contributed by atoms with Crippen molar-refractivity contribution >= 4 is 5.91 Å². The molecule has 0 aliphatic heterocycles. The summed E-state index contributed by atoms with van der Waals surface area (Å²) in [6.45, 7) is 3.86. The van der Waals surface area contributed by atoms with Crippen molar-refractivity contribution in [1.29, 1.82) is 0 Å². The zero-order valence-electron chi connectivity index (χ0n) is 10.7. The first-order valence-corrected chi connectivity index (χ1v) is 6.57. The number of carbonyl (C=O) groups excluding carboxylic acids is 1. The molecular weight excluding hydrogens is 200 g/mol. The van der Waals surface area contributed by atoms with E-state index in [4.69, 9.17) is 5.73 Å². The van der Waals surface area contributed by atoms with Gasteiger partial charge in [0.1, 0.15) is 0 Å². The number of rotatable bonds is 7. The fourth-order valence-electron chi connectivity index (χ4n) is 2.15. The lowest BCUT2D eigenvalue weighted by atomic mass is 9.85. The minimum absolute atomic E-state index is 0.302. The molecule has 0 aromatic carbocycles. The molecule has 1 amide bonds. The molecule has 0 saturated heterocycles. The SMILES string of the molecule is CC(CCN)CCC(=O)N(C)CC1CCC1. The maximum Gasteiger partial charge on any atom is 0.222 e. The number of carbonyl (C=O) groups is 1. The largest absolute Gasteiger partial charge is 0.345 e. The highest BCUT2D eigenvalue weighted by atomic mass is 16.2. The van der Waals surface area contributed by atoms with Crippen LogP contribution in [0.15, 0.2) is 0 Å². The van der Waals surface area contributed by atoms with Crippen molar-refractivity contribution in [3.05, 3.63) is 0 Å². The van der Waals surface area contributed by atoms with Crippen LogP contribution in [0.25, 0.3) is 0 Å². The Bertz CT molecular complexity index is 214. The minimum Gasteiger partial charge on any atom is -0.345 e. The van der Waals surface area contributed by atoms with Crippen LogP contribution in [-0.4, -0.2) is 30.9 Å². The summed E-state index contributed by atoms with van der Waals surface area (Å²) in [5, 5.41) is 0. The second kappa shape index (κ2) is 6.89. The average molecular weight is 226 g/mol. The molecule has 0 heterocycles. The summed E-state index contributed by atoms with van der Waals surface area (Å²) in [4.78, 5) is 13.7. The third-order valence-corrected chi connectivity index (χ3v) is 3.69. The molecule has 1 atom stereocenters. The van der Waals surface area contributed by atoms with Gasteiger partial charge in [0.05, 0.1) is 0 Å². The first-order valence-electron chi connectivity index (χ1n) is 6.57. The van der Waals surface area contributed by atoms with Gasteiger partial charge in [0.2, 0.25) is 5.91 Å². The molecule has 1 saturated carbocycles. The van der Waals surface area contributed by atoms with Crippen molar-refractivity contribution in [2.24, 2.45) is 17.6 Å². The lowest BCUT2D eigenvalue weighted by Gasteiger charge is -2.30. The lowest BCUT2D eigenvalue weighted by molar-refractivity contribution is -0.131. The molecule has 1 rings (SSSR count). The second-order valence-corrected chi connectivity index (χ2v) is 5.29. The number of nitrogens with two attached hydrogens (primary N) is 1. The van der Waals surface area contributed by atoms with Gasteiger partial charge < -0.3 is 10.6 Å². The summed E-state index contributed by atoms with van der Waals surface area (Å²) in [6, 6.07) is 0. The van der Waals surface area contributed by atoms with Crippen molar-refractivity contribution in [2.75, 3.05) is 20.1 Å². The predicted octanol–water partition coefficient (Wildman–Crippen LogP) is 2.01. The van der Waals surface area contributed by atoms with E-state index in [-0.39, 0.29) is 0 Å². The molecule has 0 aromatic rings. The molecule has 1 unspecified atom stereocenters. The Morgan fingerprint density at radius 1 is 1.44 bits per heavy atom. The molecule has 1 aliphatic rings. The predicted molar refractivity (Wildman–Crippen MR) is 67.0 cm³/mol. The topological polar surface area (TPSA) is 46.3 Å². The van der Waals surface area contributed by atoms with E-state index in [2.05, 4.69) is 6.92 Å². The van der Waals surface area contributed by atoms with E-state index in [0.29, 0.717) is 18.2 Å². The quantitative estimate of drug-likeness (QED) is 0.722. The van der Waals surface area contributed by atoms with Crippen LogP contribution < -0.4 is 5.73 Å². The third-order valence-electron chi connectivity index (χ3n) is 3.69. The van der Waals surface area contributed by atoms with Gasteiger partial charge in [-0.1, -0.05) is 13.3 Å². The first kappa shape index (κ1) is 13.5. The Balaban J connectivity index is 2.12. The molecule has 1 aliphatic carbocycles. The van der Waals surface area contributed by atoms with E-state index in [1.807, 2.05) is 11.9 Å². The molecule has 3 nitrogen and oxygen atoms in total. The normalized spacial score (nSPS) is 17.9.